The lowest BCUT2D eigenvalue weighted by Gasteiger charge is -2.44. The highest BCUT2D eigenvalue weighted by molar-refractivity contribution is 6.76. The number of ether oxygens (including phenoxy) is 4. The molecule has 31 heavy (non-hydrogen) atoms. The summed E-state index contributed by atoms with van der Waals surface area (Å²) in [6.07, 6.45) is -2.17. The van der Waals surface area contributed by atoms with Crippen LogP contribution in [0.5, 0.6) is 0 Å². The van der Waals surface area contributed by atoms with Gasteiger partial charge in [0.25, 0.3) is 3.79 Å². The van der Waals surface area contributed by atoms with Crippen LogP contribution in [0.2, 0.25) is 0 Å². The van der Waals surface area contributed by atoms with E-state index in [0.29, 0.717) is 13.2 Å². The van der Waals surface area contributed by atoms with E-state index in [2.05, 4.69) is 0 Å². The van der Waals surface area contributed by atoms with Gasteiger partial charge in [-0.3, -0.25) is 5.41 Å². The minimum atomic E-state index is -2.00. The number of benzene rings is 2. The van der Waals surface area contributed by atoms with E-state index in [0.717, 1.165) is 11.1 Å². The molecule has 0 radical (unpaired) electrons. The van der Waals surface area contributed by atoms with Crippen LogP contribution in [-0.4, -0.2) is 34.3 Å². The van der Waals surface area contributed by atoms with Gasteiger partial charge in [0, 0.05) is 5.92 Å². The summed E-state index contributed by atoms with van der Waals surface area (Å²) in [6, 6.07) is 19.6. The molecule has 0 aromatic heterocycles. The second-order valence-electron chi connectivity index (χ2n) is 7.54. The molecule has 0 amide bonds. The van der Waals surface area contributed by atoms with Gasteiger partial charge in [0.1, 0.15) is 6.10 Å². The van der Waals surface area contributed by atoms with Crippen LogP contribution in [0.3, 0.4) is 0 Å². The predicted molar refractivity (Wildman–Crippen MR) is 123 cm³/mol. The summed E-state index contributed by atoms with van der Waals surface area (Å²) in [6.45, 7) is 4.69. The summed E-state index contributed by atoms with van der Waals surface area (Å²) in [7, 11) is 0. The van der Waals surface area contributed by atoms with Gasteiger partial charge in [0.2, 0.25) is 12.2 Å². The Morgan fingerprint density at radius 1 is 0.871 bits per heavy atom. The minimum absolute atomic E-state index is 0.00582. The van der Waals surface area contributed by atoms with Gasteiger partial charge in [0.05, 0.1) is 25.4 Å². The van der Waals surface area contributed by atoms with Crippen LogP contribution in [-0.2, 0) is 32.2 Å². The van der Waals surface area contributed by atoms with E-state index in [1.165, 1.54) is 0 Å². The quantitative estimate of drug-likeness (QED) is 0.301. The predicted octanol–water partition coefficient (Wildman–Crippen LogP) is 5.90. The zero-order valence-corrected chi connectivity index (χ0v) is 19.6. The third kappa shape index (κ3) is 6.82. The van der Waals surface area contributed by atoms with Gasteiger partial charge >= 0.3 is 0 Å². The van der Waals surface area contributed by atoms with E-state index in [9.17, 15) is 0 Å². The Labute approximate surface area is 198 Å². The van der Waals surface area contributed by atoms with Gasteiger partial charge in [-0.2, -0.15) is 0 Å². The maximum absolute atomic E-state index is 7.99. The number of halogens is 3. The Kier molecular flexibility index (Phi) is 8.62. The van der Waals surface area contributed by atoms with Crippen molar-refractivity contribution in [1.82, 2.24) is 0 Å². The van der Waals surface area contributed by atoms with Crippen molar-refractivity contribution in [3.8, 4) is 0 Å². The van der Waals surface area contributed by atoms with Crippen LogP contribution in [0.15, 0.2) is 60.7 Å². The lowest BCUT2D eigenvalue weighted by atomic mass is 9.91. The normalized spacial score (nSPS) is 26.4. The smallest absolute Gasteiger partial charge is 0.265 e. The fraction of sp³-hybridized carbons (Fsp3) is 0.435. The van der Waals surface area contributed by atoms with Crippen molar-refractivity contribution < 1.29 is 18.9 Å². The van der Waals surface area contributed by atoms with Crippen molar-refractivity contribution >= 4 is 40.7 Å². The van der Waals surface area contributed by atoms with Crippen molar-refractivity contribution in [1.29, 1.82) is 5.41 Å². The Balaban J connectivity index is 1.80. The monoisotopic (exact) mass is 485 g/mol. The van der Waals surface area contributed by atoms with Crippen molar-refractivity contribution in [2.24, 2.45) is 5.92 Å². The zero-order chi connectivity index (χ0) is 22.4. The first-order chi connectivity index (χ1) is 14.8. The third-order valence-corrected chi connectivity index (χ3v) is 5.78. The topological polar surface area (TPSA) is 60.8 Å². The molecule has 0 bridgehead atoms. The first kappa shape index (κ1) is 24.3. The molecule has 0 aliphatic carbocycles. The largest absolute Gasteiger partial charge is 0.445 e. The average molecular weight is 487 g/mol. The fourth-order valence-corrected chi connectivity index (χ4v) is 3.50. The molecular formula is C23H26Cl3NO4. The molecule has 1 aliphatic heterocycles. The van der Waals surface area contributed by atoms with Crippen LogP contribution in [0, 0.1) is 11.3 Å². The number of rotatable bonds is 7. The van der Waals surface area contributed by atoms with E-state index in [-0.39, 0.29) is 18.1 Å². The lowest BCUT2D eigenvalue weighted by Crippen LogP contribution is -2.56. The molecule has 0 spiro atoms. The second-order valence-corrected chi connectivity index (χ2v) is 9.82. The van der Waals surface area contributed by atoms with Crippen molar-refractivity contribution in [3.63, 3.8) is 0 Å². The molecule has 0 saturated carbocycles. The fourth-order valence-electron chi connectivity index (χ4n) is 3.37. The van der Waals surface area contributed by atoms with Gasteiger partial charge < -0.3 is 18.9 Å². The Morgan fingerprint density at radius 3 is 1.84 bits per heavy atom. The molecule has 1 aliphatic rings. The molecule has 3 unspecified atom stereocenters. The molecule has 5 nitrogen and oxygen atoms in total. The van der Waals surface area contributed by atoms with Gasteiger partial charge in [-0.1, -0.05) is 102 Å². The summed E-state index contributed by atoms with van der Waals surface area (Å²) in [5.41, 5.74) is 2.04. The molecule has 8 heteroatoms. The SMILES string of the molecule is CC1OC(OC(=N)C(Cl)(Cl)Cl)C(OCc2ccccc2)[C@@H](OCc2ccccc2)[C@@H]1C. The van der Waals surface area contributed by atoms with Crippen molar-refractivity contribution in [2.45, 2.75) is 55.5 Å². The van der Waals surface area contributed by atoms with Gasteiger partial charge in [-0.05, 0) is 18.1 Å². The van der Waals surface area contributed by atoms with Crippen molar-refractivity contribution in [2.75, 3.05) is 0 Å². The molecule has 1 heterocycles. The second kappa shape index (κ2) is 11.0. The first-order valence-electron chi connectivity index (χ1n) is 10.0. The van der Waals surface area contributed by atoms with Crippen LogP contribution in [0.25, 0.3) is 0 Å². The van der Waals surface area contributed by atoms with Crippen LogP contribution in [0.4, 0.5) is 0 Å². The van der Waals surface area contributed by atoms with E-state index in [4.69, 9.17) is 59.2 Å². The standard InChI is InChI=1S/C23H26Cl3NO4/c1-15-16(2)30-21(31-22(27)23(24,25)26)20(29-14-18-11-7-4-8-12-18)19(15)28-13-17-9-5-3-6-10-17/h3-12,15-16,19-21,27H,13-14H2,1-2H3/t15-,16?,19+,20?,21?/m1/s1. The molecular weight excluding hydrogens is 461 g/mol. The van der Waals surface area contributed by atoms with Crippen molar-refractivity contribution in [3.05, 3.63) is 71.8 Å². The number of alkyl halides is 3. The van der Waals surface area contributed by atoms with E-state index >= 15 is 0 Å². The summed E-state index contributed by atoms with van der Waals surface area (Å²) in [5.74, 6) is -0.523. The van der Waals surface area contributed by atoms with Crippen LogP contribution in [0.1, 0.15) is 25.0 Å². The zero-order valence-electron chi connectivity index (χ0n) is 17.3. The lowest BCUT2D eigenvalue weighted by molar-refractivity contribution is -0.281. The number of nitrogens with one attached hydrogen (secondary N) is 1. The first-order valence-corrected chi connectivity index (χ1v) is 11.2. The summed E-state index contributed by atoms with van der Waals surface area (Å²) in [4.78, 5) is 0. The Bertz CT molecular complexity index is 832. The maximum atomic E-state index is 7.99. The summed E-state index contributed by atoms with van der Waals surface area (Å²) in [5, 5.41) is 7.99. The molecule has 1 N–H and O–H groups in total. The van der Waals surface area contributed by atoms with E-state index < -0.39 is 22.1 Å². The number of hydrogen-bond acceptors (Lipinski definition) is 5. The minimum Gasteiger partial charge on any atom is -0.445 e. The maximum Gasteiger partial charge on any atom is 0.265 e. The highest BCUT2D eigenvalue weighted by Gasteiger charge is 2.47. The summed E-state index contributed by atoms with van der Waals surface area (Å²) >= 11 is 17.5. The van der Waals surface area contributed by atoms with Gasteiger partial charge in [-0.15, -0.1) is 0 Å². The third-order valence-electron chi connectivity index (χ3n) is 5.26. The number of hydrogen-bond donors (Lipinski definition) is 1. The molecule has 3 rings (SSSR count). The highest BCUT2D eigenvalue weighted by Crippen LogP contribution is 2.35. The van der Waals surface area contributed by atoms with Gasteiger partial charge in [-0.25, -0.2) is 0 Å². The van der Waals surface area contributed by atoms with E-state index in [1.54, 1.807) is 0 Å². The van der Waals surface area contributed by atoms with Crippen LogP contribution >= 0.6 is 34.8 Å². The van der Waals surface area contributed by atoms with E-state index in [1.807, 2.05) is 74.5 Å². The van der Waals surface area contributed by atoms with Crippen LogP contribution < -0.4 is 0 Å². The Hall–Kier alpha value is -1.34. The molecule has 1 saturated heterocycles. The Morgan fingerprint density at radius 2 is 1.35 bits per heavy atom. The summed E-state index contributed by atoms with van der Waals surface area (Å²) < 4.78 is 22.1. The molecule has 168 valence electrons. The molecule has 5 atom stereocenters. The highest BCUT2D eigenvalue weighted by atomic mass is 35.6. The molecule has 1 fully saturated rings. The molecule has 2 aromatic rings. The average Bonchev–Trinajstić information content (AvgIpc) is 2.75. The molecule has 2 aromatic carbocycles. The van der Waals surface area contributed by atoms with Gasteiger partial charge in [0.15, 0.2) is 0 Å².